The number of anilines is 1. The van der Waals surface area contributed by atoms with Crippen molar-refractivity contribution in [3.05, 3.63) is 23.0 Å². The summed E-state index contributed by atoms with van der Waals surface area (Å²) >= 11 is 0. The Morgan fingerprint density at radius 2 is 2.17 bits per heavy atom. The van der Waals surface area contributed by atoms with Gasteiger partial charge in [-0.1, -0.05) is 0 Å². The van der Waals surface area contributed by atoms with E-state index in [1.54, 1.807) is 7.11 Å². The first-order valence-corrected chi connectivity index (χ1v) is 8.33. The minimum absolute atomic E-state index is 0.209. The Labute approximate surface area is 142 Å². The lowest BCUT2D eigenvalue weighted by Crippen LogP contribution is -2.29. The Hall–Kier alpha value is -2.15. The molecule has 0 aromatic carbocycles. The molecule has 0 bridgehead atoms. The fraction of sp³-hybridized carbons (Fsp3) is 0.588. The highest BCUT2D eigenvalue weighted by molar-refractivity contribution is 5.78. The molecular weight excluding hydrogens is 306 g/mol. The molecule has 2 aromatic heterocycles. The first kappa shape index (κ1) is 16.7. The average molecular weight is 331 g/mol. The molecule has 0 spiro atoms. The molecule has 1 aliphatic rings. The van der Waals surface area contributed by atoms with E-state index in [0.29, 0.717) is 25.5 Å². The zero-order valence-electron chi connectivity index (χ0n) is 14.8. The predicted molar refractivity (Wildman–Crippen MR) is 92.3 cm³/mol. The molecule has 1 amide bonds. The molecule has 0 saturated carbocycles. The molecule has 0 unspecified atom stereocenters. The Balaban J connectivity index is 1.70. The Morgan fingerprint density at radius 3 is 2.92 bits per heavy atom. The summed E-state index contributed by atoms with van der Waals surface area (Å²) in [5.74, 6) is 1.44. The lowest BCUT2D eigenvalue weighted by Gasteiger charge is -2.16. The topological polar surface area (TPSA) is 71.8 Å². The molecule has 1 N–H and O–H groups in total. The number of nitrogens with zero attached hydrogens (tertiary/aromatic N) is 4. The van der Waals surface area contributed by atoms with E-state index in [0.717, 1.165) is 41.5 Å². The summed E-state index contributed by atoms with van der Waals surface area (Å²) in [6.45, 7) is 8.79. The van der Waals surface area contributed by atoms with E-state index in [9.17, 15) is 4.79 Å². The van der Waals surface area contributed by atoms with Gasteiger partial charge in [0, 0.05) is 56.4 Å². The van der Waals surface area contributed by atoms with E-state index in [4.69, 9.17) is 4.74 Å². The summed E-state index contributed by atoms with van der Waals surface area (Å²) in [5.41, 5.74) is 3.93. The van der Waals surface area contributed by atoms with Crippen molar-refractivity contribution < 1.29 is 9.53 Å². The van der Waals surface area contributed by atoms with Crippen LogP contribution >= 0.6 is 0 Å². The molecule has 7 heteroatoms. The maximum Gasteiger partial charge on any atom is 0.223 e. The van der Waals surface area contributed by atoms with Gasteiger partial charge in [-0.2, -0.15) is 9.61 Å². The van der Waals surface area contributed by atoms with Gasteiger partial charge in [-0.05, 0) is 20.8 Å². The van der Waals surface area contributed by atoms with Crippen molar-refractivity contribution in [1.29, 1.82) is 0 Å². The fourth-order valence-corrected chi connectivity index (χ4v) is 3.13. The van der Waals surface area contributed by atoms with Gasteiger partial charge in [0.2, 0.25) is 5.91 Å². The number of methoxy groups -OCH3 is 1. The third-order valence-electron chi connectivity index (χ3n) is 4.62. The van der Waals surface area contributed by atoms with Crippen LogP contribution in [-0.4, -0.2) is 58.8 Å². The van der Waals surface area contributed by atoms with E-state index >= 15 is 0 Å². The molecular formula is C17H25N5O2. The number of hydrogen-bond donors (Lipinski definition) is 1. The van der Waals surface area contributed by atoms with Gasteiger partial charge in [0.1, 0.15) is 5.82 Å². The zero-order chi connectivity index (χ0) is 17.3. The first-order chi connectivity index (χ1) is 11.5. The van der Waals surface area contributed by atoms with Crippen molar-refractivity contribution in [2.24, 2.45) is 5.92 Å². The van der Waals surface area contributed by atoms with Gasteiger partial charge < -0.3 is 15.0 Å². The third kappa shape index (κ3) is 3.21. The van der Waals surface area contributed by atoms with E-state index in [2.05, 4.69) is 15.4 Å². The van der Waals surface area contributed by atoms with Crippen LogP contribution in [0, 0.1) is 26.7 Å². The SMILES string of the molecule is COCCN1C[C@H](CNc2cc(C)nc3c(C)c(C)nn23)CC1=O. The second-order valence-electron chi connectivity index (χ2n) is 6.51. The van der Waals surface area contributed by atoms with Crippen LogP contribution in [0.15, 0.2) is 6.07 Å². The lowest BCUT2D eigenvalue weighted by molar-refractivity contribution is -0.128. The highest BCUT2D eigenvalue weighted by Crippen LogP contribution is 2.21. The number of nitrogens with one attached hydrogen (secondary N) is 1. The van der Waals surface area contributed by atoms with Gasteiger partial charge in [-0.15, -0.1) is 0 Å². The van der Waals surface area contributed by atoms with Gasteiger partial charge in [-0.25, -0.2) is 4.98 Å². The van der Waals surface area contributed by atoms with Crippen molar-refractivity contribution in [2.45, 2.75) is 27.2 Å². The second kappa shape index (κ2) is 6.76. The number of rotatable bonds is 6. The number of fused-ring (bicyclic) bond motifs is 1. The van der Waals surface area contributed by atoms with Crippen LogP contribution in [0.25, 0.3) is 5.65 Å². The van der Waals surface area contributed by atoms with Crippen LogP contribution in [0.3, 0.4) is 0 Å². The molecule has 2 aromatic rings. The maximum atomic E-state index is 12.0. The molecule has 0 aliphatic carbocycles. The smallest absolute Gasteiger partial charge is 0.223 e. The number of likely N-dealkylation sites (tertiary alicyclic amines) is 1. The number of ether oxygens (including phenoxy) is 1. The summed E-state index contributed by atoms with van der Waals surface area (Å²) in [4.78, 5) is 18.5. The molecule has 3 heterocycles. The summed E-state index contributed by atoms with van der Waals surface area (Å²) in [6, 6.07) is 2.00. The summed E-state index contributed by atoms with van der Waals surface area (Å²) in [5, 5.41) is 8.03. The van der Waals surface area contributed by atoms with E-state index < -0.39 is 0 Å². The van der Waals surface area contributed by atoms with Crippen molar-refractivity contribution in [3.8, 4) is 0 Å². The van der Waals surface area contributed by atoms with Crippen molar-refractivity contribution in [2.75, 3.05) is 38.7 Å². The molecule has 24 heavy (non-hydrogen) atoms. The van der Waals surface area contributed by atoms with Crippen molar-refractivity contribution >= 4 is 17.4 Å². The van der Waals surface area contributed by atoms with E-state index in [-0.39, 0.29) is 5.91 Å². The molecule has 130 valence electrons. The van der Waals surface area contributed by atoms with Gasteiger partial charge in [0.15, 0.2) is 5.65 Å². The number of carbonyl (C=O) groups is 1. The zero-order valence-corrected chi connectivity index (χ0v) is 14.8. The van der Waals surface area contributed by atoms with Gasteiger partial charge in [0.25, 0.3) is 0 Å². The van der Waals surface area contributed by atoms with E-state index in [1.807, 2.05) is 36.3 Å². The van der Waals surface area contributed by atoms with Gasteiger partial charge >= 0.3 is 0 Å². The van der Waals surface area contributed by atoms with Crippen LogP contribution in [0.4, 0.5) is 5.82 Å². The fourth-order valence-electron chi connectivity index (χ4n) is 3.13. The number of hydrogen-bond acceptors (Lipinski definition) is 5. The lowest BCUT2D eigenvalue weighted by atomic mass is 10.1. The highest BCUT2D eigenvalue weighted by atomic mass is 16.5. The first-order valence-electron chi connectivity index (χ1n) is 8.33. The second-order valence-corrected chi connectivity index (χ2v) is 6.51. The summed E-state index contributed by atoms with van der Waals surface area (Å²) in [7, 11) is 1.66. The molecule has 0 radical (unpaired) electrons. The largest absolute Gasteiger partial charge is 0.383 e. The number of carbonyl (C=O) groups excluding carboxylic acids is 1. The average Bonchev–Trinajstić information content (AvgIpc) is 3.04. The predicted octanol–water partition coefficient (Wildman–Crippen LogP) is 1.56. The molecule has 1 saturated heterocycles. The number of aromatic nitrogens is 3. The molecule has 3 rings (SSSR count). The summed E-state index contributed by atoms with van der Waals surface area (Å²) in [6.07, 6.45) is 0.584. The van der Waals surface area contributed by atoms with Crippen LogP contribution < -0.4 is 5.32 Å². The Morgan fingerprint density at radius 1 is 1.38 bits per heavy atom. The van der Waals surface area contributed by atoms with Crippen LogP contribution in [0.5, 0.6) is 0 Å². The van der Waals surface area contributed by atoms with E-state index in [1.165, 1.54) is 0 Å². The van der Waals surface area contributed by atoms with Crippen LogP contribution in [0.2, 0.25) is 0 Å². The minimum Gasteiger partial charge on any atom is -0.383 e. The van der Waals surface area contributed by atoms with Gasteiger partial charge in [-0.3, -0.25) is 4.79 Å². The van der Waals surface area contributed by atoms with Gasteiger partial charge in [0.05, 0.1) is 12.3 Å². The molecule has 1 aliphatic heterocycles. The molecule has 1 atom stereocenters. The molecule has 1 fully saturated rings. The van der Waals surface area contributed by atoms with Crippen LogP contribution in [0.1, 0.15) is 23.4 Å². The quantitative estimate of drug-likeness (QED) is 0.870. The normalized spacial score (nSPS) is 17.9. The third-order valence-corrected chi connectivity index (χ3v) is 4.62. The minimum atomic E-state index is 0.209. The van der Waals surface area contributed by atoms with Crippen LogP contribution in [-0.2, 0) is 9.53 Å². The Bertz CT molecular complexity index is 755. The number of amides is 1. The standard InChI is InChI=1S/C17H25N5O2/c1-11-7-15(22-17(19-11)12(2)13(3)20-22)18-9-14-8-16(23)21(10-14)5-6-24-4/h7,14,18H,5-6,8-10H2,1-4H3/t14-/m0/s1. The highest BCUT2D eigenvalue weighted by Gasteiger charge is 2.29. The monoisotopic (exact) mass is 331 g/mol. The summed E-state index contributed by atoms with van der Waals surface area (Å²) < 4.78 is 6.92. The molecule has 7 nitrogen and oxygen atoms in total. The number of aryl methyl sites for hydroxylation is 3. The van der Waals surface area contributed by atoms with Crippen molar-refractivity contribution in [1.82, 2.24) is 19.5 Å². The van der Waals surface area contributed by atoms with Crippen molar-refractivity contribution in [3.63, 3.8) is 0 Å². The Kier molecular flexibility index (Phi) is 4.71. The maximum absolute atomic E-state index is 12.0.